The molecule has 15 heavy (non-hydrogen) atoms. The maximum atomic E-state index is 6.06. The van der Waals surface area contributed by atoms with Crippen molar-refractivity contribution in [2.75, 3.05) is 14.1 Å². The molecule has 1 aromatic heterocycles. The zero-order valence-electron chi connectivity index (χ0n) is 10.1. The van der Waals surface area contributed by atoms with Crippen LogP contribution in [0.2, 0.25) is 0 Å². The Morgan fingerprint density at radius 2 is 2.13 bits per heavy atom. The minimum atomic E-state index is -0.162. The van der Waals surface area contributed by atoms with Gasteiger partial charge in [-0.1, -0.05) is 6.07 Å². The molecular weight excluding hydrogens is 186 g/mol. The molecule has 2 N–H and O–H groups in total. The number of aromatic nitrogens is 1. The topological polar surface area (TPSA) is 42.1 Å². The summed E-state index contributed by atoms with van der Waals surface area (Å²) >= 11 is 0. The molecule has 0 aromatic carbocycles. The van der Waals surface area contributed by atoms with Crippen LogP contribution in [0.25, 0.3) is 0 Å². The second-order valence-corrected chi connectivity index (χ2v) is 4.96. The smallest absolute Gasteiger partial charge is 0.0374 e. The van der Waals surface area contributed by atoms with Gasteiger partial charge >= 0.3 is 0 Å². The molecule has 3 heteroatoms. The van der Waals surface area contributed by atoms with Gasteiger partial charge in [0.25, 0.3) is 0 Å². The van der Waals surface area contributed by atoms with Crippen molar-refractivity contribution in [2.24, 2.45) is 5.73 Å². The highest BCUT2D eigenvalue weighted by molar-refractivity contribution is 5.14. The molecule has 1 aromatic rings. The van der Waals surface area contributed by atoms with E-state index in [-0.39, 0.29) is 5.54 Å². The molecule has 84 valence electrons. The molecular formula is C12H21N3. The minimum Gasteiger partial charge on any atom is -0.325 e. The Bertz CT molecular complexity index is 287. The highest BCUT2D eigenvalue weighted by Crippen LogP contribution is 2.25. The van der Waals surface area contributed by atoms with E-state index in [0.29, 0.717) is 6.04 Å². The molecule has 0 radical (unpaired) electrons. The molecule has 0 saturated heterocycles. The van der Waals surface area contributed by atoms with Crippen molar-refractivity contribution in [3.63, 3.8) is 0 Å². The fraction of sp³-hybridized carbons (Fsp3) is 0.583. The second kappa shape index (κ2) is 4.73. The number of rotatable bonds is 4. The van der Waals surface area contributed by atoms with Crippen LogP contribution in [0.3, 0.4) is 0 Å². The van der Waals surface area contributed by atoms with Crippen LogP contribution in [0.15, 0.2) is 24.5 Å². The normalized spacial score (nSPS) is 14.3. The summed E-state index contributed by atoms with van der Waals surface area (Å²) in [5.41, 5.74) is 7.13. The Hall–Kier alpha value is -0.930. The fourth-order valence-corrected chi connectivity index (χ4v) is 1.67. The van der Waals surface area contributed by atoms with Crippen LogP contribution in [0, 0.1) is 0 Å². The molecule has 0 aliphatic heterocycles. The maximum absolute atomic E-state index is 6.06. The first-order valence-corrected chi connectivity index (χ1v) is 5.25. The van der Waals surface area contributed by atoms with E-state index in [4.69, 9.17) is 5.73 Å². The zero-order chi connectivity index (χ0) is 11.5. The van der Waals surface area contributed by atoms with Crippen LogP contribution in [-0.4, -0.2) is 29.5 Å². The first kappa shape index (κ1) is 12.1. The van der Waals surface area contributed by atoms with Crippen molar-refractivity contribution >= 4 is 0 Å². The van der Waals surface area contributed by atoms with Crippen molar-refractivity contribution in [3.05, 3.63) is 30.1 Å². The monoisotopic (exact) mass is 207 g/mol. The van der Waals surface area contributed by atoms with Gasteiger partial charge in [0.2, 0.25) is 0 Å². The van der Waals surface area contributed by atoms with Gasteiger partial charge in [-0.3, -0.25) is 4.98 Å². The van der Waals surface area contributed by atoms with E-state index in [1.165, 1.54) is 5.56 Å². The third-order valence-corrected chi connectivity index (χ3v) is 2.41. The van der Waals surface area contributed by atoms with Gasteiger partial charge in [-0.15, -0.1) is 0 Å². The lowest BCUT2D eigenvalue weighted by Crippen LogP contribution is -2.37. The summed E-state index contributed by atoms with van der Waals surface area (Å²) in [6.45, 7) is 4.11. The van der Waals surface area contributed by atoms with Crippen LogP contribution in [0.5, 0.6) is 0 Å². The summed E-state index contributed by atoms with van der Waals surface area (Å²) in [7, 11) is 4.15. The summed E-state index contributed by atoms with van der Waals surface area (Å²) in [6.07, 6.45) is 4.63. The standard InChI is InChI=1S/C12H21N3/c1-12(2,13)8-11(15(3)4)10-6-5-7-14-9-10/h5-7,9,11H,8,13H2,1-4H3. The molecule has 0 fully saturated rings. The third kappa shape index (κ3) is 3.98. The maximum Gasteiger partial charge on any atom is 0.0374 e. The van der Waals surface area contributed by atoms with Gasteiger partial charge in [-0.25, -0.2) is 0 Å². The van der Waals surface area contributed by atoms with E-state index in [1.54, 1.807) is 6.20 Å². The van der Waals surface area contributed by atoms with Crippen molar-refractivity contribution in [1.29, 1.82) is 0 Å². The SMILES string of the molecule is CN(C)C(CC(C)(C)N)c1cccnc1. The molecule has 0 spiro atoms. The Kier molecular flexibility index (Phi) is 3.83. The molecule has 1 rings (SSSR count). The first-order valence-electron chi connectivity index (χ1n) is 5.25. The minimum absolute atomic E-state index is 0.162. The summed E-state index contributed by atoms with van der Waals surface area (Å²) in [4.78, 5) is 6.34. The quantitative estimate of drug-likeness (QED) is 0.818. The van der Waals surface area contributed by atoms with Gasteiger partial charge in [-0.2, -0.15) is 0 Å². The molecule has 0 amide bonds. The second-order valence-electron chi connectivity index (χ2n) is 4.96. The number of nitrogens with two attached hydrogens (primary N) is 1. The van der Waals surface area contributed by atoms with Gasteiger partial charge < -0.3 is 10.6 Å². The molecule has 1 atom stereocenters. The Morgan fingerprint density at radius 3 is 2.53 bits per heavy atom. The Balaban J connectivity index is 2.85. The van der Waals surface area contributed by atoms with E-state index < -0.39 is 0 Å². The van der Waals surface area contributed by atoms with Crippen molar-refractivity contribution in [3.8, 4) is 0 Å². The molecule has 0 aliphatic rings. The van der Waals surface area contributed by atoms with E-state index in [2.05, 4.69) is 43.9 Å². The fourth-order valence-electron chi connectivity index (χ4n) is 1.67. The number of pyridine rings is 1. The average molecular weight is 207 g/mol. The molecule has 0 aliphatic carbocycles. The first-order chi connectivity index (χ1) is 6.90. The highest BCUT2D eigenvalue weighted by atomic mass is 15.1. The van der Waals surface area contributed by atoms with Crippen molar-refractivity contribution < 1.29 is 0 Å². The molecule has 0 saturated carbocycles. The van der Waals surface area contributed by atoms with Crippen molar-refractivity contribution in [2.45, 2.75) is 31.8 Å². The van der Waals surface area contributed by atoms with Crippen LogP contribution in [0.4, 0.5) is 0 Å². The lowest BCUT2D eigenvalue weighted by Gasteiger charge is -2.30. The van der Waals surface area contributed by atoms with Crippen LogP contribution >= 0.6 is 0 Å². The Morgan fingerprint density at radius 1 is 1.47 bits per heavy atom. The summed E-state index contributed by atoms with van der Waals surface area (Å²) in [5, 5.41) is 0. The third-order valence-electron chi connectivity index (χ3n) is 2.41. The van der Waals surface area contributed by atoms with E-state index in [1.807, 2.05) is 12.3 Å². The highest BCUT2D eigenvalue weighted by Gasteiger charge is 2.22. The van der Waals surface area contributed by atoms with E-state index in [0.717, 1.165) is 6.42 Å². The molecule has 1 heterocycles. The summed E-state index contributed by atoms with van der Waals surface area (Å²) in [5.74, 6) is 0. The molecule has 3 nitrogen and oxygen atoms in total. The van der Waals surface area contributed by atoms with E-state index >= 15 is 0 Å². The largest absolute Gasteiger partial charge is 0.325 e. The van der Waals surface area contributed by atoms with Gasteiger partial charge in [-0.05, 0) is 46.0 Å². The lowest BCUT2D eigenvalue weighted by molar-refractivity contribution is 0.242. The van der Waals surface area contributed by atoms with Crippen LogP contribution < -0.4 is 5.73 Å². The average Bonchev–Trinajstić information content (AvgIpc) is 2.14. The molecule has 1 unspecified atom stereocenters. The molecule has 0 bridgehead atoms. The Labute approximate surface area is 92.3 Å². The van der Waals surface area contributed by atoms with Crippen LogP contribution in [0.1, 0.15) is 31.9 Å². The van der Waals surface area contributed by atoms with Gasteiger partial charge in [0.1, 0.15) is 0 Å². The zero-order valence-corrected chi connectivity index (χ0v) is 10.1. The van der Waals surface area contributed by atoms with E-state index in [9.17, 15) is 0 Å². The van der Waals surface area contributed by atoms with Gasteiger partial charge in [0.05, 0.1) is 0 Å². The van der Waals surface area contributed by atoms with Crippen LogP contribution in [-0.2, 0) is 0 Å². The number of nitrogens with zero attached hydrogens (tertiary/aromatic N) is 2. The summed E-state index contributed by atoms with van der Waals surface area (Å²) < 4.78 is 0. The lowest BCUT2D eigenvalue weighted by atomic mass is 9.92. The predicted octanol–water partition coefficient (Wildman–Crippen LogP) is 1.81. The number of hydrogen-bond acceptors (Lipinski definition) is 3. The predicted molar refractivity (Wildman–Crippen MR) is 63.5 cm³/mol. The van der Waals surface area contributed by atoms with Gasteiger partial charge in [0.15, 0.2) is 0 Å². The number of hydrogen-bond donors (Lipinski definition) is 1. The van der Waals surface area contributed by atoms with Gasteiger partial charge in [0, 0.05) is 24.0 Å². The summed E-state index contributed by atoms with van der Waals surface area (Å²) in [6, 6.07) is 4.40. The van der Waals surface area contributed by atoms with Crippen molar-refractivity contribution in [1.82, 2.24) is 9.88 Å².